The number of fused-ring (bicyclic) bond motifs is 2. The number of hydroxylamine groups is 1. The molecule has 3 saturated heterocycles. The smallest absolute Gasteiger partial charge is 0.215 e. The number of nitrogens with one attached hydrogen (secondary N) is 1. The molecule has 0 radical (unpaired) electrons. The SMILES string of the molecule is C=COC1=CC2(CN3CCC2CC3)ON1. The number of ether oxygens (including phenoxy) is 1. The van der Waals surface area contributed by atoms with Gasteiger partial charge in [-0.1, -0.05) is 6.58 Å². The van der Waals surface area contributed by atoms with E-state index < -0.39 is 0 Å². The zero-order chi connectivity index (χ0) is 10.3. The van der Waals surface area contributed by atoms with E-state index in [1.807, 2.05) is 0 Å². The van der Waals surface area contributed by atoms with Crippen molar-refractivity contribution < 1.29 is 9.57 Å². The lowest BCUT2D eigenvalue weighted by molar-refractivity contribution is -0.142. The van der Waals surface area contributed by atoms with Crippen LogP contribution in [0.5, 0.6) is 0 Å². The number of hydrogen-bond donors (Lipinski definition) is 1. The molecule has 0 saturated carbocycles. The van der Waals surface area contributed by atoms with E-state index in [1.165, 1.54) is 32.2 Å². The van der Waals surface area contributed by atoms with E-state index in [1.54, 1.807) is 0 Å². The normalized spacial score (nSPS) is 42.5. The molecular weight excluding hydrogens is 192 g/mol. The fourth-order valence-electron chi connectivity index (χ4n) is 2.91. The van der Waals surface area contributed by atoms with Gasteiger partial charge < -0.3 is 4.74 Å². The number of nitrogens with zero attached hydrogens (tertiary/aromatic N) is 1. The molecule has 0 aromatic rings. The van der Waals surface area contributed by atoms with E-state index in [-0.39, 0.29) is 5.60 Å². The van der Waals surface area contributed by atoms with Crippen molar-refractivity contribution in [2.75, 3.05) is 19.6 Å². The summed E-state index contributed by atoms with van der Waals surface area (Å²) in [5.41, 5.74) is 2.69. The van der Waals surface area contributed by atoms with E-state index in [9.17, 15) is 0 Å². The molecule has 4 aliphatic rings. The molecule has 4 nitrogen and oxygen atoms in total. The van der Waals surface area contributed by atoms with Crippen LogP contribution in [0.15, 0.2) is 24.8 Å². The standard InChI is InChI=1S/C11H16N2O2/c1-2-14-10-7-11(15-12-10)8-13-5-3-9(11)4-6-13/h2,7,9,12H,1,3-6,8H2. The van der Waals surface area contributed by atoms with Crippen molar-refractivity contribution in [1.82, 2.24) is 10.4 Å². The Balaban J connectivity index is 1.83. The molecular formula is C11H16N2O2. The highest BCUT2D eigenvalue weighted by Crippen LogP contribution is 2.41. The van der Waals surface area contributed by atoms with E-state index >= 15 is 0 Å². The molecule has 2 bridgehead atoms. The molecule has 1 unspecified atom stereocenters. The molecule has 4 heteroatoms. The molecule has 4 rings (SSSR count). The van der Waals surface area contributed by atoms with Crippen LogP contribution < -0.4 is 5.48 Å². The molecule has 1 spiro atoms. The summed E-state index contributed by atoms with van der Waals surface area (Å²) in [6, 6.07) is 0. The van der Waals surface area contributed by atoms with Crippen LogP contribution in [0.2, 0.25) is 0 Å². The molecule has 0 aromatic carbocycles. The van der Waals surface area contributed by atoms with E-state index in [4.69, 9.17) is 9.57 Å². The van der Waals surface area contributed by atoms with Gasteiger partial charge in [0.05, 0.1) is 6.26 Å². The largest absolute Gasteiger partial charge is 0.448 e. The van der Waals surface area contributed by atoms with Gasteiger partial charge in [0.2, 0.25) is 5.88 Å². The lowest BCUT2D eigenvalue weighted by Gasteiger charge is -2.48. The van der Waals surface area contributed by atoms with E-state index in [2.05, 4.69) is 23.0 Å². The fraction of sp³-hybridized carbons (Fsp3) is 0.636. The van der Waals surface area contributed by atoms with Gasteiger partial charge in [-0.2, -0.15) is 0 Å². The van der Waals surface area contributed by atoms with Crippen LogP contribution in [0.3, 0.4) is 0 Å². The minimum atomic E-state index is -0.158. The lowest BCUT2D eigenvalue weighted by Crippen LogP contribution is -2.58. The summed E-state index contributed by atoms with van der Waals surface area (Å²) in [5, 5.41) is 0. The molecule has 82 valence electrons. The van der Waals surface area contributed by atoms with Gasteiger partial charge in [0.15, 0.2) is 0 Å². The second kappa shape index (κ2) is 3.25. The van der Waals surface area contributed by atoms with E-state index in [0.29, 0.717) is 11.8 Å². The van der Waals surface area contributed by atoms with E-state index in [0.717, 1.165) is 6.54 Å². The van der Waals surface area contributed by atoms with Crippen molar-refractivity contribution in [3.05, 3.63) is 24.8 Å². The third kappa shape index (κ3) is 1.36. The Labute approximate surface area is 89.5 Å². The summed E-state index contributed by atoms with van der Waals surface area (Å²) in [7, 11) is 0. The van der Waals surface area contributed by atoms with Gasteiger partial charge in [-0.25, -0.2) is 5.48 Å². The Morgan fingerprint density at radius 2 is 2.40 bits per heavy atom. The summed E-state index contributed by atoms with van der Waals surface area (Å²) in [4.78, 5) is 8.18. The Hall–Kier alpha value is -1.00. The highest BCUT2D eigenvalue weighted by molar-refractivity contribution is 5.17. The molecule has 4 aliphatic heterocycles. The molecule has 3 fully saturated rings. The maximum atomic E-state index is 5.72. The van der Waals surface area contributed by atoms with Crippen LogP contribution in [-0.2, 0) is 9.57 Å². The molecule has 4 heterocycles. The van der Waals surface area contributed by atoms with Crippen molar-refractivity contribution in [2.45, 2.75) is 18.4 Å². The zero-order valence-electron chi connectivity index (χ0n) is 8.74. The minimum absolute atomic E-state index is 0.158. The topological polar surface area (TPSA) is 33.7 Å². The van der Waals surface area contributed by atoms with Crippen LogP contribution in [0.4, 0.5) is 0 Å². The first-order chi connectivity index (χ1) is 7.32. The van der Waals surface area contributed by atoms with Gasteiger partial charge in [-0.3, -0.25) is 9.74 Å². The fourth-order valence-corrected chi connectivity index (χ4v) is 2.91. The maximum absolute atomic E-state index is 5.72. The predicted octanol–water partition coefficient (Wildman–Crippen LogP) is 0.987. The first kappa shape index (κ1) is 9.24. The second-order valence-corrected chi connectivity index (χ2v) is 4.50. The maximum Gasteiger partial charge on any atom is 0.215 e. The quantitative estimate of drug-likeness (QED) is 0.686. The van der Waals surface area contributed by atoms with Crippen molar-refractivity contribution in [2.24, 2.45) is 5.92 Å². The summed E-state index contributed by atoms with van der Waals surface area (Å²) in [6.45, 7) is 6.94. The molecule has 0 amide bonds. The number of rotatable bonds is 2. The Morgan fingerprint density at radius 3 is 3.00 bits per heavy atom. The van der Waals surface area contributed by atoms with Gasteiger partial charge in [0.1, 0.15) is 5.60 Å². The predicted molar refractivity (Wildman–Crippen MR) is 55.5 cm³/mol. The van der Waals surface area contributed by atoms with Crippen molar-refractivity contribution in [3.8, 4) is 0 Å². The van der Waals surface area contributed by atoms with Crippen LogP contribution in [0, 0.1) is 5.92 Å². The van der Waals surface area contributed by atoms with Crippen LogP contribution >= 0.6 is 0 Å². The minimum Gasteiger partial charge on any atom is -0.448 e. The van der Waals surface area contributed by atoms with Crippen molar-refractivity contribution in [3.63, 3.8) is 0 Å². The average molecular weight is 208 g/mol. The first-order valence-electron chi connectivity index (χ1n) is 5.49. The number of piperidine rings is 3. The second-order valence-electron chi connectivity index (χ2n) is 4.50. The molecule has 1 atom stereocenters. The van der Waals surface area contributed by atoms with Gasteiger partial charge >= 0.3 is 0 Å². The summed E-state index contributed by atoms with van der Waals surface area (Å²) < 4.78 is 5.21. The van der Waals surface area contributed by atoms with Crippen molar-refractivity contribution >= 4 is 0 Å². The van der Waals surface area contributed by atoms with Gasteiger partial charge in [-0.15, -0.1) is 0 Å². The summed E-state index contributed by atoms with van der Waals surface area (Å²) >= 11 is 0. The van der Waals surface area contributed by atoms with Crippen LogP contribution in [-0.4, -0.2) is 30.1 Å². The third-order valence-corrected chi connectivity index (χ3v) is 3.68. The summed E-state index contributed by atoms with van der Waals surface area (Å²) in [6.07, 6.45) is 5.94. The molecule has 15 heavy (non-hydrogen) atoms. The van der Waals surface area contributed by atoms with Crippen LogP contribution in [0.1, 0.15) is 12.8 Å². The Kier molecular flexibility index (Phi) is 2.00. The van der Waals surface area contributed by atoms with Crippen molar-refractivity contribution in [1.29, 1.82) is 0 Å². The Bertz CT molecular complexity index is 308. The first-order valence-corrected chi connectivity index (χ1v) is 5.49. The lowest BCUT2D eigenvalue weighted by atomic mass is 9.75. The van der Waals surface area contributed by atoms with Gasteiger partial charge in [0, 0.05) is 12.6 Å². The highest BCUT2D eigenvalue weighted by atomic mass is 16.7. The monoisotopic (exact) mass is 208 g/mol. The third-order valence-electron chi connectivity index (χ3n) is 3.68. The molecule has 1 N–H and O–H groups in total. The number of hydrogen-bond acceptors (Lipinski definition) is 4. The average Bonchev–Trinajstić information content (AvgIpc) is 2.64. The molecule has 0 aliphatic carbocycles. The summed E-state index contributed by atoms with van der Waals surface area (Å²) in [5.74, 6) is 1.31. The van der Waals surface area contributed by atoms with Crippen LogP contribution in [0.25, 0.3) is 0 Å². The zero-order valence-corrected chi connectivity index (χ0v) is 8.74. The Morgan fingerprint density at radius 1 is 1.60 bits per heavy atom. The molecule has 0 aromatic heterocycles. The van der Waals surface area contributed by atoms with Gasteiger partial charge in [0.25, 0.3) is 0 Å². The highest BCUT2D eigenvalue weighted by Gasteiger charge is 2.50. The van der Waals surface area contributed by atoms with Gasteiger partial charge in [-0.05, 0) is 31.8 Å².